The first-order valence-corrected chi connectivity index (χ1v) is 10.3. The molecule has 0 unspecified atom stereocenters. The molecule has 1 heterocycles. The summed E-state index contributed by atoms with van der Waals surface area (Å²) < 4.78 is 17.5. The third-order valence-corrected chi connectivity index (χ3v) is 4.98. The predicted molar refractivity (Wildman–Crippen MR) is 125 cm³/mol. The number of aromatic nitrogens is 2. The number of rotatable bonds is 10. The Morgan fingerprint density at radius 1 is 1.15 bits per heavy atom. The molecule has 3 rings (SSSR count). The van der Waals surface area contributed by atoms with Crippen molar-refractivity contribution >= 4 is 17.8 Å². The van der Waals surface area contributed by atoms with Gasteiger partial charge in [-0.05, 0) is 61.9 Å². The van der Waals surface area contributed by atoms with Crippen LogP contribution in [0.15, 0.2) is 47.6 Å². The van der Waals surface area contributed by atoms with Crippen LogP contribution in [0.1, 0.15) is 22.5 Å². The van der Waals surface area contributed by atoms with Gasteiger partial charge >= 0.3 is 5.69 Å². The van der Waals surface area contributed by atoms with Gasteiger partial charge in [-0.3, -0.25) is 19.6 Å². The molecule has 178 valence electrons. The first kappa shape index (κ1) is 24.2. The van der Waals surface area contributed by atoms with Gasteiger partial charge in [0.2, 0.25) is 0 Å². The van der Waals surface area contributed by atoms with Crippen molar-refractivity contribution < 1.29 is 23.9 Å². The lowest BCUT2D eigenvalue weighted by Crippen LogP contribution is -2.24. The molecule has 1 aromatic heterocycles. The van der Waals surface area contributed by atoms with E-state index in [1.807, 2.05) is 6.07 Å². The maximum absolute atomic E-state index is 12.0. The summed E-state index contributed by atoms with van der Waals surface area (Å²) in [6.07, 6.45) is 1.48. The number of nitrogens with one attached hydrogen (secondary N) is 1. The molecule has 1 N–H and O–H groups in total. The molecule has 0 aliphatic heterocycles. The highest BCUT2D eigenvalue weighted by Crippen LogP contribution is 2.25. The zero-order chi connectivity index (χ0) is 24.7. The number of carbonyl (C=O) groups is 1. The topological polar surface area (TPSA) is 130 Å². The lowest BCUT2D eigenvalue weighted by molar-refractivity contribution is -0.386. The van der Waals surface area contributed by atoms with Gasteiger partial charge in [-0.15, -0.1) is 0 Å². The van der Waals surface area contributed by atoms with Crippen molar-refractivity contribution in [3.05, 3.63) is 75.1 Å². The van der Waals surface area contributed by atoms with Gasteiger partial charge in [0.25, 0.3) is 5.91 Å². The van der Waals surface area contributed by atoms with E-state index in [-0.39, 0.29) is 18.8 Å². The standard InChI is InChI=1S/C23H25N5O6/c1-15-23(28(30)31)16(2)27(26-15)13-18-11-17(5-10-21(18)33-4)12-24-25-22(29)14-34-20-8-6-19(32-3)7-9-20/h5-12H,13-14H2,1-4H3,(H,25,29)/b24-12-. The minimum absolute atomic E-state index is 0.00347. The Morgan fingerprint density at radius 2 is 1.85 bits per heavy atom. The Hall–Kier alpha value is -4.41. The maximum Gasteiger partial charge on any atom is 0.312 e. The fraction of sp³-hybridized carbons (Fsp3) is 0.261. The first-order chi connectivity index (χ1) is 16.3. The van der Waals surface area contributed by atoms with Gasteiger partial charge < -0.3 is 14.2 Å². The molecule has 0 atom stereocenters. The lowest BCUT2D eigenvalue weighted by Gasteiger charge is -2.10. The minimum Gasteiger partial charge on any atom is -0.497 e. The number of hydrazone groups is 1. The molecule has 0 saturated heterocycles. The van der Waals surface area contributed by atoms with Crippen LogP contribution in [0.3, 0.4) is 0 Å². The smallest absolute Gasteiger partial charge is 0.312 e. The van der Waals surface area contributed by atoms with Crippen LogP contribution < -0.4 is 19.6 Å². The average molecular weight is 467 g/mol. The largest absolute Gasteiger partial charge is 0.497 e. The van der Waals surface area contributed by atoms with Crippen molar-refractivity contribution in [2.75, 3.05) is 20.8 Å². The van der Waals surface area contributed by atoms with Gasteiger partial charge in [0, 0.05) is 5.56 Å². The SMILES string of the molecule is COc1ccc(OCC(=O)N/N=C\c2ccc(OC)c(Cn3nc(C)c([N+](=O)[O-])c3C)c2)cc1. The van der Waals surface area contributed by atoms with Crippen molar-refractivity contribution in [3.8, 4) is 17.2 Å². The van der Waals surface area contributed by atoms with E-state index < -0.39 is 10.8 Å². The number of hydrogen-bond donors (Lipinski definition) is 1. The summed E-state index contributed by atoms with van der Waals surface area (Å²) in [5.41, 5.74) is 4.65. The van der Waals surface area contributed by atoms with E-state index in [1.54, 1.807) is 69.1 Å². The number of hydrogen-bond acceptors (Lipinski definition) is 8. The zero-order valence-electron chi connectivity index (χ0n) is 19.3. The lowest BCUT2D eigenvalue weighted by atomic mass is 10.1. The summed E-state index contributed by atoms with van der Waals surface area (Å²) in [4.78, 5) is 22.8. The molecule has 34 heavy (non-hydrogen) atoms. The summed E-state index contributed by atoms with van der Waals surface area (Å²) in [7, 11) is 3.11. The number of aryl methyl sites for hydroxylation is 1. The van der Waals surface area contributed by atoms with Crippen LogP contribution in [0.4, 0.5) is 5.69 Å². The van der Waals surface area contributed by atoms with Crippen LogP contribution >= 0.6 is 0 Å². The first-order valence-electron chi connectivity index (χ1n) is 10.3. The summed E-state index contributed by atoms with van der Waals surface area (Å²) in [5.74, 6) is 1.40. The van der Waals surface area contributed by atoms with Gasteiger partial charge in [-0.2, -0.15) is 10.2 Å². The highest BCUT2D eigenvalue weighted by atomic mass is 16.6. The van der Waals surface area contributed by atoms with E-state index in [4.69, 9.17) is 14.2 Å². The second kappa shape index (κ2) is 10.9. The fourth-order valence-electron chi connectivity index (χ4n) is 3.30. The van der Waals surface area contributed by atoms with Gasteiger partial charge in [-0.25, -0.2) is 5.43 Å². The fourth-order valence-corrected chi connectivity index (χ4v) is 3.30. The number of benzene rings is 2. The molecule has 0 aliphatic rings. The molecule has 1 amide bonds. The van der Waals surface area contributed by atoms with Gasteiger partial charge in [0.05, 0.1) is 31.9 Å². The van der Waals surface area contributed by atoms with E-state index in [2.05, 4.69) is 15.6 Å². The quantitative estimate of drug-likeness (QED) is 0.276. The highest BCUT2D eigenvalue weighted by Gasteiger charge is 2.22. The number of nitro groups is 1. The van der Waals surface area contributed by atoms with E-state index in [1.165, 1.54) is 6.21 Å². The van der Waals surface area contributed by atoms with Crippen LogP contribution in [0.2, 0.25) is 0 Å². The molecule has 11 nitrogen and oxygen atoms in total. The van der Waals surface area contributed by atoms with Crippen molar-refractivity contribution in [3.63, 3.8) is 0 Å². The molecule has 0 saturated carbocycles. The normalized spacial score (nSPS) is 10.8. The molecule has 11 heteroatoms. The van der Waals surface area contributed by atoms with Gasteiger partial charge in [-0.1, -0.05) is 0 Å². The van der Waals surface area contributed by atoms with Crippen LogP contribution in [-0.2, 0) is 11.3 Å². The van der Waals surface area contributed by atoms with Crippen LogP contribution in [0.5, 0.6) is 17.2 Å². The molecule has 0 radical (unpaired) electrons. The molecular weight excluding hydrogens is 442 g/mol. The third kappa shape index (κ3) is 5.88. The van der Waals surface area contributed by atoms with Crippen LogP contribution in [-0.4, -0.2) is 47.7 Å². The number of amides is 1. The summed E-state index contributed by atoms with van der Waals surface area (Å²) >= 11 is 0. The van der Waals surface area contributed by atoms with E-state index in [0.717, 1.165) is 5.56 Å². The monoisotopic (exact) mass is 467 g/mol. The molecule has 2 aromatic carbocycles. The zero-order valence-corrected chi connectivity index (χ0v) is 19.3. The van der Waals surface area contributed by atoms with Crippen molar-refractivity contribution in [2.45, 2.75) is 20.4 Å². The Morgan fingerprint density at radius 3 is 2.47 bits per heavy atom. The molecular formula is C23H25N5O6. The molecule has 3 aromatic rings. The Labute approximate surface area is 196 Å². The molecule has 0 spiro atoms. The minimum atomic E-state index is -0.435. The second-order valence-electron chi connectivity index (χ2n) is 7.26. The highest BCUT2D eigenvalue weighted by molar-refractivity contribution is 5.83. The molecule has 0 aliphatic carbocycles. The Bertz CT molecular complexity index is 1200. The maximum atomic E-state index is 12.0. The number of nitrogens with zero attached hydrogens (tertiary/aromatic N) is 4. The number of methoxy groups -OCH3 is 2. The van der Waals surface area contributed by atoms with Crippen molar-refractivity contribution in [1.29, 1.82) is 0 Å². The average Bonchev–Trinajstić information content (AvgIpc) is 3.11. The summed E-state index contributed by atoms with van der Waals surface area (Å²) in [6, 6.07) is 12.2. The van der Waals surface area contributed by atoms with Gasteiger partial charge in [0.15, 0.2) is 6.61 Å². The number of carbonyl (C=O) groups excluding carboxylic acids is 1. The van der Waals surface area contributed by atoms with E-state index in [0.29, 0.717) is 34.2 Å². The molecule has 0 bridgehead atoms. The summed E-state index contributed by atoms with van der Waals surface area (Å²) in [6.45, 7) is 3.32. The summed E-state index contributed by atoms with van der Waals surface area (Å²) in [5, 5.41) is 19.5. The number of ether oxygens (including phenoxy) is 3. The van der Waals surface area contributed by atoms with Crippen LogP contribution in [0, 0.1) is 24.0 Å². The van der Waals surface area contributed by atoms with Crippen molar-refractivity contribution in [1.82, 2.24) is 15.2 Å². The Kier molecular flexibility index (Phi) is 7.80. The van der Waals surface area contributed by atoms with E-state index in [9.17, 15) is 14.9 Å². The third-order valence-electron chi connectivity index (χ3n) is 4.98. The Balaban J connectivity index is 1.64. The predicted octanol–water partition coefficient (Wildman–Crippen LogP) is 3.00. The van der Waals surface area contributed by atoms with E-state index >= 15 is 0 Å². The van der Waals surface area contributed by atoms with Crippen molar-refractivity contribution in [2.24, 2.45) is 5.10 Å². The van der Waals surface area contributed by atoms with Gasteiger partial charge in [0.1, 0.15) is 28.6 Å². The second-order valence-corrected chi connectivity index (χ2v) is 7.26. The van der Waals surface area contributed by atoms with Crippen LogP contribution in [0.25, 0.3) is 0 Å². The molecule has 0 fully saturated rings.